The molecule has 0 aliphatic carbocycles. The Labute approximate surface area is 137 Å². The number of halogens is 1. The maximum Gasteiger partial charge on any atom is 0.0790 e. The van der Waals surface area contributed by atoms with Crippen molar-refractivity contribution in [3.63, 3.8) is 0 Å². The highest BCUT2D eigenvalue weighted by Crippen LogP contribution is 2.12. The van der Waals surface area contributed by atoms with Crippen LogP contribution in [0.5, 0.6) is 0 Å². The molecule has 0 saturated heterocycles. The van der Waals surface area contributed by atoms with Crippen molar-refractivity contribution in [3.05, 3.63) is 0 Å². The van der Waals surface area contributed by atoms with Gasteiger partial charge in [0.05, 0.1) is 27.2 Å². The second kappa shape index (κ2) is 14.4. The van der Waals surface area contributed by atoms with E-state index in [1.807, 2.05) is 0 Å². The van der Waals surface area contributed by atoms with Gasteiger partial charge in [0.15, 0.2) is 0 Å². The van der Waals surface area contributed by atoms with Crippen LogP contribution in [0.3, 0.4) is 0 Å². The van der Waals surface area contributed by atoms with E-state index in [1.54, 1.807) is 0 Å². The third kappa shape index (κ3) is 14.8. The molecule has 0 bridgehead atoms. The lowest BCUT2D eigenvalue weighted by Gasteiger charge is -2.29. The van der Waals surface area contributed by atoms with Gasteiger partial charge < -0.3 is 4.48 Å². The minimum absolute atomic E-state index is 1.15. The summed E-state index contributed by atoms with van der Waals surface area (Å²) in [6.45, 7) is 4.95. The molecule has 0 aromatic carbocycles. The molecule has 0 amide bonds. The van der Waals surface area contributed by atoms with Crippen LogP contribution in [0, 0.1) is 0 Å². The van der Waals surface area contributed by atoms with Crippen LogP contribution in [0.1, 0.15) is 84.0 Å². The molecule has 20 heavy (non-hydrogen) atoms. The third-order valence-corrected chi connectivity index (χ3v) is 4.82. The predicted molar refractivity (Wildman–Crippen MR) is 96.7 cm³/mol. The van der Waals surface area contributed by atoms with Gasteiger partial charge in [-0.2, -0.15) is 0 Å². The van der Waals surface area contributed by atoms with E-state index in [0.29, 0.717) is 0 Å². The number of rotatable bonds is 15. The number of quaternary nitrogens is 1. The first-order valence-electron chi connectivity index (χ1n) is 9.00. The van der Waals surface area contributed by atoms with Crippen molar-refractivity contribution in [2.24, 2.45) is 0 Å². The Bertz CT molecular complexity index is 192. The smallest absolute Gasteiger partial charge is 0.0790 e. The first kappa shape index (κ1) is 20.4. The Morgan fingerprint density at radius 1 is 0.600 bits per heavy atom. The fraction of sp³-hybridized carbons (Fsp3) is 1.00. The molecule has 1 nitrogen and oxygen atoms in total. The summed E-state index contributed by atoms with van der Waals surface area (Å²) in [5.74, 6) is 0. The first-order chi connectivity index (χ1) is 9.62. The number of unbranched alkanes of at least 4 members (excludes halogenated alkanes) is 10. The van der Waals surface area contributed by atoms with E-state index in [1.165, 1.54) is 94.6 Å². The van der Waals surface area contributed by atoms with Gasteiger partial charge >= 0.3 is 0 Å². The van der Waals surface area contributed by atoms with Gasteiger partial charge in [0.25, 0.3) is 0 Å². The molecule has 0 aliphatic heterocycles. The quantitative estimate of drug-likeness (QED) is 0.189. The minimum atomic E-state index is 1.15. The van der Waals surface area contributed by atoms with Crippen molar-refractivity contribution < 1.29 is 4.48 Å². The van der Waals surface area contributed by atoms with Crippen LogP contribution in [0.15, 0.2) is 0 Å². The van der Waals surface area contributed by atoms with Gasteiger partial charge in [0.2, 0.25) is 0 Å². The fourth-order valence-corrected chi connectivity index (χ4v) is 3.05. The van der Waals surface area contributed by atoms with Crippen LogP contribution in [-0.4, -0.2) is 37.0 Å². The first-order valence-corrected chi connectivity index (χ1v) is 10.1. The van der Waals surface area contributed by atoms with E-state index in [2.05, 4.69) is 36.9 Å². The zero-order valence-corrected chi connectivity index (χ0v) is 16.0. The van der Waals surface area contributed by atoms with E-state index >= 15 is 0 Å². The molecule has 0 rings (SSSR count). The van der Waals surface area contributed by atoms with Crippen LogP contribution in [0.25, 0.3) is 0 Å². The summed E-state index contributed by atoms with van der Waals surface area (Å²) in [5, 5.41) is 1.15. The Hall–Kier alpha value is 0.440. The number of alkyl halides is 1. The van der Waals surface area contributed by atoms with Crippen LogP contribution in [-0.2, 0) is 0 Å². The summed E-state index contributed by atoms with van der Waals surface area (Å²) in [7, 11) is 4.75. The molecule has 122 valence electrons. The zero-order chi connectivity index (χ0) is 15.1. The van der Waals surface area contributed by atoms with Gasteiger partial charge in [-0.1, -0.05) is 80.6 Å². The van der Waals surface area contributed by atoms with Crippen LogP contribution in [0.4, 0.5) is 0 Å². The molecule has 0 aliphatic rings. The second-order valence-corrected chi connectivity index (χ2v) is 7.75. The molecule has 0 saturated carbocycles. The maximum absolute atomic E-state index is 3.53. The Morgan fingerprint density at radius 3 is 1.45 bits per heavy atom. The lowest BCUT2D eigenvalue weighted by Crippen LogP contribution is -2.41. The SMILES string of the molecule is CCCCCCCCCCCCC[N+](C)(C)CCCBr. The van der Waals surface area contributed by atoms with Gasteiger partial charge in [-0.3, -0.25) is 0 Å². The molecule has 0 aromatic heterocycles. The molecule has 0 unspecified atom stereocenters. The van der Waals surface area contributed by atoms with Gasteiger partial charge in [-0.05, 0) is 12.8 Å². The number of hydrogen-bond acceptors (Lipinski definition) is 0. The van der Waals surface area contributed by atoms with Crippen molar-refractivity contribution in [2.75, 3.05) is 32.5 Å². The maximum atomic E-state index is 3.53. The predicted octanol–water partition coefficient (Wildman–Crippen LogP) is 6.16. The highest BCUT2D eigenvalue weighted by molar-refractivity contribution is 9.09. The molecule has 0 radical (unpaired) electrons. The van der Waals surface area contributed by atoms with E-state index < -0.39 is 0 Å². The van der Waals surface area contributed by atoms with Crippen molar-refractivity contribution in [1.82, 2.24) is 0 Å². The summed E-state index contributed by atoms with van der Waals surface area (Å²) < 4.78 is 1.20. The normalized spacial score (nSPS) is 12.0. The average molecular weight is 349 g/mol. The Balaban J connectivity index is 3.20. The average Bonchev–Trinajstić information content (AvgIpc) is 2.42. The van der Waals surface area contributed by atoms with Crippen molar-refractivity contribution in [2.45, 2.75) is 84.0 Å². The molecular formula is C18H39BrN+. The van der Waals surface area contributed by atoms with Crippen molar-refractivity contribution in [1.29, 1.82) is 0 Å². The Morgan fingerprint density at radius 2 is 1.00 bits per heavy atom. The second-order valence-electron chi connectivity index (χ2n) is 6.96. The molecule has 0 fully saturated rings. The summed E-state index contributed by atoms with van der Waals surface area (Å²) in [5.41, 5.74) is 0. The highest BCUT2D eigenvalue weighted by Gasteiger charge is 2.12. The standard InChI is InChI=1S/C18H39BrN/c1-4-5-6-7-8-9-10-11-12-13-14-17-20(2,3)18-15-16-19/h4-18H2,1-3H3/q+1. The van der Waals surface area contributed by atoms with Crippen molar-refractivity contribution in [3.8, 4) is 0 Å². The molecule has 0 spiro atoms. The topological polar surface area (TPSA) is 0 Å². The molecular weight excluding hydrogens is 310 g/mol. The summed E-state index contributed by atoms with van der Waals surface area (Å²) in [6.07, 6.45) is 17.2. The number of nitrogens with zero attached hydrogens (tertiary/aromatic N) is 1. The van der Waals surface area contributed by atoms with Crippen molar-refractivity contribution >= 4 is 15.9 Å². The van der Waals surface area contributed by atoms with Gasteiger partial charge in [0.1, 0.15) is 0 Å². The lowest BCUT2D eigenvalue weighted by molar-refractivity contribution is -0.890. The zero-order valence-electron chi connectivity index (χ0n) is 14.4. The molecule has 0 N–H and O–H groups in total. The fourth-order valence-electron chi connectivity index (χ4n) is 2.80. The summed E-state index contributed by atoms with van der Waals surface area (Å²) >= 11 is 3.53. The summed E-state index contributed by atoms with van der Waals surface area (Å²) in [6, 6.07) is 0. The Kier molecular flexibility index (Phi) is 14.7. The minimum Gasteiger partial charge on any atom is -0.328 e. The number of hydrogen-bond donors (Lipinski definition) is 0. The van der Waals surface area contributed by atoms with E-state index in [9.17, 15) is 0 Å². The third-order valence-electron chi connectivity index (χ3n) is 4.26. The van der Waals surface area contributed by atoms with Gasteiger partial charge in [-0.25, -0.2) is 0 Å². The highest BCUT2D eigenvalue weighted by atomic mass is 79.9. The van der Waals surface area contributed by atoms with Crippen LogP contribution >= 0.6 is 15.9 Å². The van der Waals surface area contributed by atoms with E-state index in [0.717, 1.165) is 5.33 Å². The lowest BCUT2D eigenvalue weighted by atomic mass is 10.1. The van der Waals surface area contributed by atoms with Crippen LogP contribution in [0.2, 0.25) is 0 Å². The monoisotopic (exact) mass is 348 g/mol. The van der Waals surface area contributed by atoms with Crippen LogP contribution < -0.4 is 0 Å². The molecule has 0 atom stereocenters. The van der Waals surface area contributed by atoms with E-state index in [4.69, 9.17) is 0 Å². The van der Waals surface area contributed by atoms with Gasteiger partial charge in [0, 0.05) is 11.8 Å². The summed E-state index contributed by atoms with van der Waals surface area (Å²) in [4.78, 5) is 0. The molecule has 0 heterocycles. The molecule has 2 heteroatoms. The largest absolute Gasteiger partial charge is 0.328 e. The van der Waals surface area contributed by atoms with E-state index in [-0.39, 0.29) is 0 Å². The molecule has 0 aromatic rings. The van der Waals surface area contributed by atoms with Gasteiger partial charge in [-0.15, -0.1) is 0 Å².